The zero-order valence-corrected chi connectivity index (χ0v) is 17.7. The second kappa shape index (κ2) is 8.17. The molecular formula is C22H24N6O3. The van der Waals surface area contributed by atoms with E-state index in [9.17, 15) is 9.59 Å². The molecule has 0 radical (unpaired) electrons. The molecule has 2 heterocycles. The van der Waals surface area contributed by atoms with Crippen LogP contribution in [0.2, 0.25) is 0 Å². The number of urea groups is 1. The van der Waals surface area contributed by atoms with E-state index in [1.807, 2.05) is 38.1 Å². The Hall–Kier alpha value is -3.75. The van der Waals surface area contributed by atoms with Crippen molar-refractivity contribution in [2.75, 3.05) is 13.2 Å². The Morgan fingerprint density at radius 3 is 2.74 bits per heavy atom. The van der Waals surface area contributed by atoms with Crippen molar-refractivity contribution < 1.29 is 14.3 Å². The standard InChI is InChI=1S/C22H24N6O3/c1-15-8-9-16(2)19(12-15)31-11-5-10-27-20(29)22(3,24-21(27)30)17-6-4-7-18(13-17)28-14-23-25-26-28/h4,6-9,12-14H,5,10-11H2,1-3H3,(H,24,30). The molecule has 1 fully saturated rings. The number of carbonyl (C=O) groups excluding carboxylic acids is 2. The molecule has 3 amide bonds. The first-order chi connectivity index (χ1) is 14.9. The van der Waals surface area contributed by atoms with E-state index in [0.717, 1.165) is 16.9 Å². The number of hydrogen-bond donors (Lipinski definition) is 1. The Balaban J connectivity index is 1.42. The molecule has 31 heavy (non-hydrogen) atoms. The van der Waals surface area contributed by atoms with Gasteiger partial charge in [0.2, 0.25) is 0 Å². The largest absolute Gasteiger partial charge is 0.493 e. The van der Waals surface area contributed by atoms with E-state index in [2.05, 4.69) is 20.8 Å². The zero-order valence-electron chi connectivity index (χ0n) is 17.7. The maximum Gasteiger partial charge on any atom is 0.325 e. The fraction of sp³-hybridized carbons (Fsp3) is 0.318. The van der Waals surface area contributed by atoms with Crippen molar-refractivity contribution in [1.82, 2.24) is 30.4 Å². The molecule has 1 unspecified atom stereocenters. The first-order valence-electron chi connectivity index (χ1n) is 10.1. The Morgan fingerprint density at radius 1 is 1.13 bits per heavy atom. The summed E-state index contributed by atoms with van der Waals surface area (Å²) in [6.45, 7) is 6.39. The van der Waals surface area contributed by atoms with Crippen molar-refractivity contribution in [1.29, 1.82) is 0 Å². The molecule has 0 bridgehead atoms. The monoisotopic (exact) mass is 420 g/mol. The number of hydrogen-bond acceptors (Lipinski definition) is 6. The van der Waals surface area contributed by atoms with Crippen LogP contribution in [0.5, 0.6) is 5.75 Å². The predicted molar refractivity (Wildman–Crippen MR) is 113 cm³/mol. The summed E-state index contributed by atoms with van der Waals surface area (Å²) >= 11 is 0. The van der Waals surface area contributed by atoms with Gasteiger partial charge in [-0.2, -0.15) is 0 Å². The summed E-state index contributed by atoms with van der Waals surface area (Å²) in [5.41, 5.74) is 2.37. The van der Waals surface area contributed by atoms with Crippen molar-refractivity contribution >= 4 is 11.9 Å². The van der Waals surface area contributed by atoms with E-state index in [-0.39, 0.29) is 12.5 Å². The van der Waals surface area contributed by atoms with Crippen molar-refractivity contribution in [3.63, 3.8) is 0 Å². The first-order valence-corrected chi connectivity index (χ1v) is 10.1. The van der Waals surface area contributed by atoms with Gasteiger partial charge in [0.25, 0.3) is 5.91 Å². The highest BCUT2D eigenvalue weighted by molar-refractivity contribution is 6.07. The van der Waals surface area contributed by atoms with Gasteiger partial charge in [0.1, 0.15) is 17.6 Å². The molecular weight excluding hydrogens is 396 g/mol. The van der Waals surface area contributed by atoms with Gasteiger partial charge < -0.3 is 10.1 Å². The average Bonchev–Trinajstić information content (AvgIpc) is 3.37. The quantitative estimate of drug-likeness (QED) is 0.465. The molecule has 2 aromatic carbocycles. The van der Waals surface area contributed by atoms with Gasteiger partial charge in [-0.1, -0.05) is 24.3 Å². The van der Waals surface area contributed by atoms with Gasteiger partial charge in [-0.05, 0) is 72.5 Å². The summed E-state index contributed by atoms with van der Waals surface area (Å²) in [6.07, 6.45) is 2.01. The van der Waals surface area contributed by atoms with Crippen LogP contribution in [-0.4, -0.2) is 50.2 Å². The molecule has 1 aliphatic heterocycles. The zero-order chi connectivity index (χ0) is 22.0. The average molecular weight is 420 g/mol. The molecule has 9 heteroatoms. The van der Waals surface area contributed by atoms with Gasteiger partial charge in [0.05, 0.1) is 12.3 Å². The molecule has 9 nitrogen and oxygen atoms in total. The third-order valence-electron chi connectivity index (χ3n) is 5.44. The summed E-state index contributed by atoms with van der Waals surface area (Å²) in [5.74, 6) is 0.527. The van der Waals surface area contributed by atoms with Crippen LogP contribution in [-0.2, 0) is 10.3 Å². The van der Waals surface area contributed by atoms with Crippen LogP contribution < -0.4 is 10.1 Å². The van der Waals surface area contributed by atoms with Crippen LogP contribution in [0.3, 0.4) is 0 Å². The van der Waals surface area contributed by atoms with E-state index in [1.165, 1.54) is 15.9 Å². The van der Waals surface area contributed by atoms with E-state index in [4.69, 9.17) is 4.74 Å². The van der Waals surface area contributed by atoms with Gasteiger partial charge in [0, 0.05) is 6.54 Å². The van der Waals surface area contributed by atoms with Crippen molar-refractivity contribution in [3.8, 4) is 11.4 Å². The topological polar surface area (TPSA) is 102 Å². The minimum absolute atomic E-state index is 0.276. The number of ether oxygens (including phenoxy) is 1. The molecule has 3 aromatic rings. The first kappa shape index (κ1) is 20.5. The highest BCUT2D eigenvalue weighted by Gasteiger charge is 2.48. The lowest BCUT2D eigenvalue weighted by Gasteiger charge is -2.23. The van der Waals surface area contributed by atoms with Crippen LogP contribution >= 0.6 is 0 Å². The van der Waals surface area contributed by atoms with Crippen molar-refractivity contribution in [3.05, 3.63) is 65.5 Å². The lowest BCUT2D eigenvalue weighted by atomic mass is 9.91. The van der Waals surface area contributed by atoms with E-state index in [0.29, 0.717) is 24.3 Å². The van der Waals surface area contributed by atoms with E-state index in [1.54, 1.807) is 25.1 Å². The molecule has 1 N–H and O–H groups in total. The molecule has 1 aromatic heterocycles. The van der Waals surface area contributed by atoms with Crippen LogP contribution in [0.4, 0.5) is 4.79 Å². The van der Waals surface area contributed by atoms with Crippen LogP contribution in [0, 0.1) is 13.8 Å². The van der Waals surface area contributed by atoms with Crippen LogP contribution in [0.25, 0.3) is 5.69 Å². The van der Waals surface area contributed by atoms with E-state index < -0.39 is 11.6 Å². The summed E-state index contributed by atoms with van der Waals surface area (Å²) in [6, 6.07) is 12.8. The van der Waals surface area contributed by atoms with Gasteiger partial charge >= 0.3 is 6.03 Å². The number of aryl methyl sites for hydroxylation is 2. The lowest BCUT2D eigenvalue weighted by molar-refractivity contribution is -0.131. The number of carbonyl (C=O) groups is 2. The number of aromatic nitrogens is 4. The number of rotatable bonds is 7. The number of imide groups is 1. The van der Waals surface area contributed by atoms with Crippen LogP contribution in [0.1, 0.15) is 30.0 Å². The molecule has 1 atom stereocenters. The number of amides is 3. The molecule has 1 aliphatic rings. The molecule has 0 spiro atoms. The second-order valence-corrected chi connectivity index (χ2v) is 7.79. The number of nitrogens with zero attached hydrogens (tertiary/aromatic N) is 5. The second-order valence-electron chi connectivity index (χ2n) is 7.79. The molecule has 0 saturated carbocycles. The summed E-state index contributed by atoms with van der Waals surface area (Å²) in [7, 11) is 0. The normalized spacial score (nSPS) is 18.4. The number of nitrogens with one attached hydrogen (secondary N) is 1. The minimum Gasteiger partial charge on any atom is -0.493 e. The minimum atomic E-state index is -1.16. The summed E-state index contributed by atoms with van der Waals surface area (Å²) in [4.78, 5) is 27.0. The lowest BCUT2D eigenvalue weighted by Crippen LogP contribution is -2.41. The van der Waals surface area contributed by atoms with Gasteiger partial charge in [0.15, 0.2) is 0 Å². The highest BCUT2D eigenvalue weighted by Crippen LogP contribution is 2.30. The van der Waals surface area contributed by atoms with Gasteiger partial charge in [-0.25, -0.2) is 9.48 Å². The fourth-order valence-electron chi connectivity index (χ4n) is 3.60. The third kappa shape index (κ3) is 3.98. The SMILES string of the molecule is Cc1ccc(C)c(OCCCN2C(=O)NC(C)(c3cccc(-n4cnnn4)c3)C2=O)c1. The summed E-state index contributed by atoms with van der Waals surface area (Å²) in [5, 5.41) is 14.0. The van der Waals surface area contributed by atoms with Crippen molar-refractivity contribution in [2.45, 2.75) is 32.7 Å². The number of benzene rings is 2. The highest BCUT2D eigenvalue weighted by atomic mass is 16.5. The maximum absolute atomic E-state index is 13.2. The molecule has 4 rings (SSSR count). The van der Waals surface area contributed by atoms with Gasteiger partial charge in [-0.3, -0.25) is 9.69 Å². The van der Waals surface area contributed by atoms with Crippen molar-refractivity contribution in [2.24, 2.45) is 0 Å². The summed E-state index contributed by atoms with van der Waals surface area (Å²) < 4.78 is 7.35. The molecule has 160 valence electrons. The Kier molecular flexibility index (Phi) is 5.41. The maximum atomic E-state index is 13.2. The molecule has 0 aliphatic carbocycles. The third-order valence-corrected chi connectivity index (χ3v) is 5.44. The smallest absolute Gasteiger partial charge is 0.325 e. The number of tetrazole rings is 1. The van der Waals surface area contributed by atoms with Gasteiger partial charge in [-0.15, -0.1) is 5.10 Å². The van der Waals surface area contributed by atoms with Crippen LogP contribution in [0.15, 0.2) is 48.8 Å². The van der Waals surface area contributed by atoms with E-state index >= 15 is 0 Å². The fourth-order valence-corrected chi connectivity index (χ4v) is 3.60. The Labute approximate surface area is 180 Å². The predicted octanol–water partition coefficient (Wildman–Crippen LogP) is 2.52. The Morgan fingerprint density at radius 2 is 1.97 bits per heavy atom. The molecule has 1 saturated heterocycles. The Bertz CT molecular complexity index is 1110.